The monoisotopic (exact) mass is 415 g/mol. The molecule has 5 nitrogen and oxygen atoms in total. The predicted octanol–water partition coefficient (Wildman–Crippen LogP) is 4.54. The lowest BCUT2D eigenvalue weighted by atomic mass is 10.0. The molecule has 0 unspecified atom stereocenters. The van der Waals surface area contributed by atoms with E-state index in [1.165, 1.54) is 16.4 Å². The van der Waals surface area contributed by atoms with Crippen LogP contribution in [0.15, 0.2) is 41.3 Å². The molecular formula is C18H19Cl2NO4S. The van der Waals surface area contributed by atoms with Gasteiger partial charge in [0.15, 0.2) is 0 Å². The summed E-state index contributed by atoms with van der Waals surface area (Å²) in [5.74, 6) is 1.26. The molecule has 8 heteroatoms. The second kappa shape index (κ2) is 7.64. The van der Waals surface area contributed by atoms with Gasteiger partial charge in [0.25, 0.3) is 0 Å². The molecule has 0 spiro atoms. The molecule has 140 valence electrons. The first-order valence-electron chi connectivity index (χ1n) is 8.07. The van der Waals surface area contributed by atoms with Crippen LogP contribution in [-0.4, -0.2) is 33.5 Å². The van der Waals surface area contributed by atoms with E-state index in [1.807, 2.05) is 6.07 Å². The average molecular weight is 416 g/mol. The van der Waals surface area contributed by atoms with Gasteiger partial charge in [0.2, 0.25) is 10.0 Å². The quantitative estimate of drug-likeness (QED) is 0.719. The van der Waals surface area contributed by atoms with E-state index in [0.29, 0.717) is 29.5 Å². The van der Waals surface area contributed by atoms with E-state index in [1.54, 1.807) is 32.4 Å². The Morgan fingerprint density at radius 3 is 2.54 bits per heavy atom. The fourth-order valence-electron chi connectivity index (χ4n) is 3.24. The molecule has 0 aliphatic carbocycles. The zero-order valence-corrected chi connectivity index (χ0v) is 16.7. The molecule has 1 fully saturated rings. The van der Waals surface area contributed by atoms with Crippen LogP contribution in [0.25, 0.3) is 0 Å². The van der Waals surface area contributed by atoms with Crippen LogP contribution in [0.3, 0.4) is 0 Å². The van der Waals surface area contributed by atoms with E-state index < -0.39 is 10.0 Å². The van der Waals surface area contributed by atoms with E-state index in [9.17, 15) is 8.42 Å². The lowest BCUT2D eigenvalue weighted by Gasteiger charge is -2.26. The topological polar surface area (TPSA) is 55.8 Å². The Labute approximate surface area is 163 Å². The Bertz CT molecular complexity index is 917. The van der Waals surface area contributed by atoms with Gasteiger partial charge in [-0.1, -0.05) is 23.2 Å². The normalized spacial score (nSPS) is 18.1. The summed E-state index contributed by atoms with van der Waals surface area (Å²) < 4.78 is 38.7. The molecule has 0 aromatic heterocycles. The lowest BCUT2D eigenvalue weighted by Crippen LogP contribution is -2.31. The van der Waals surface area contributed by atoms with Crippen molar-refractivity contribution in [3.05, 3.63) is 52.0 Å². The molecule has 1 aliphatic heterocycles. The fraction of sp³-hybridized carbons (Fsp3) is 0.333. The molecule has 1 heterocycles. The summed E-state index contributed by atoms with van der Waals surface area (Å²) >= 11 is 12.1. The Morgan fingerprint density at radius 2 is 1.85 bits per heavy atom. The summed E-state index contributed by atoms with van der Waals surface area (Å²) in [6, 6.07) is 9.46. The zero-order chi connectivity index (χ0) is 18.9. The first kappa shape index (κ1) is 19.3. The van der Waals surface area contributed by atoms with Gasteiger partial charge in [-0.05, 0) is 49.2 Å². The predicted molar refractivity (Wildman–Crippen MR) is 102 cm³/mol. The van der Waals surface area contributed by atoms with Crippen molar-refractivity contribution in [1.82, 2.24) is 4.31 Å². The highest BCUT2D eigenvalue weighted by Gasteiger charge is 2.38. The van der Waals surface area contributed by atoms with E-state index in [-0.39, 0.29) is 16.0 Å². The summed E-state index contributed by atoms with van der Waals surface area (Å²) in [4.78, 5) is 0.0143. The van der Waals surface area contributed by atoms with Crippen LogP contribution in [0.2, 0.25) is 10.0 Å². The maximum atomic E-state index is 13.3. The Morgan fingerprint density at radius 1 is 1.08 bits per heavy atom. The van der Waals surface area contributed by atoms with Gasteiger partial charge >= 0.3 is 0 Å². The van der Waals surface area contributed by atoms with Crippen LogP contribution >= 0.6 is 23.2 Å². The maximum Gasteiger partial charge on any atom is 0.245 e. The number of nitrogens with zero attached hydrogens (tertiary/aromatic N) is 1. The van der Waals surface area contributed by atoms with Crippen molar-refractivity contribution in [3.8, 4) is 11.5 Å². The summed E-state index contributed by atoms with van der Waals surface area (Å²) in [5, 5.41) is 0.473. The van der Waals surface area contributed by atoms with Crippen molar-refractivity contribution < 1.29 is 17.9 Å². The molecule has 0 saturated carbocycles. The summed E-state index contributed by atoms with van der Waals surface area (Å²) in [6.45, 7) is 0.399. The van der Waals surface area contributed by atoms with Crippen molar-refractivity contribution in [2.24, 2.45) is 0 Å². The van der Waals surface area contributed by atoms with Crippen LogP contribution < -0.4 is 9.47 Å². The minimum absolute atomic E-state index is 0.0143. The van der Waals surface area contributed by atoms with Gasteiger partial charge < -0.3 is 9.47 Å². The Hall–Kier alpha value is -1.47. The third kappa shape index (κ3) is 3.51. The van der Waals surface area contributed by atoms with E-state index in [2.05, 4.69) is 0 Å². The van der Waals surface area contributed by atoms with Crippen molar-refractivity contribution in [2.45, 2.75) is 23.8 Å². The third-order valence-corrected chi connectivity index (χ3v) is 7.10. The highest BCUT2D eigenvalue weighted by Crippen LogP contribution is 2.42. The van der Waals surface area contributed by atoms with Gasteiger partial charge in [-0.25, -0.2) is 8.42 Å². The highest BCUT2D eigenvalue weighted by atomic mass is 35.5. The molecule has 3 rings (SSSR count). The van der Waals surface area contributed by atoms with E-state index in [0.717, 1.165) is 12.0 Å². The zero-order valence-electron chi connectivity index (χ0n) is 14.4. The number of halogens is 2. The Kier molecular flexibility index (Phi) is 5.67. The molecule has 2 aromatic carbocycles. The van der Waals surface area contributed by atoms with Crippen LogP contribution in [0.4, 0.5) is 0 Å². The van der Waals surface area contributed by atoms with E-state index in [4.69, 9.17) is 32.7 Å². The summed E-state index contributed by atoms with van der Waals surface area (Å²) in [5.41, 5.74) is 0.770. The smallest absolute Gasteiger partial charge is 0.245 e. The van der Waals surface area contributed by atoms with Crippen LogP contribution in [-0.2, 0) is 10.0 Å². The molecule has 0 N–H and O–H groups in total. The molecular weight excluding hydrogens is 397 g/mol. The van der Waals surface area contributed by atoms with Gasteiger partial charge in [-0.2, -0.15) is 4.31 Å². The number of hydrogen-bond donors (Lipinski definition) is 0. The molecule has 1 saturated heterocycles. The lowest BCUT2D eigenvalue weighted by molar-refractivity contribution is 0.361. The first-order valence-corrected chi connectivity index (χ1v) is 10.3. The molecule has 1 aliphatic rings. The molecule has 26 heavy (non-hydrogen) atoms. The fourth-order valence-corrected chi connectivity index (χ4v) is 5.65. The number of methoxy groups -OCH3 is 2. The van der Waals surface area contributed by atoms with Crippen LogP contribution in [0, 0.1) is 0 Å². The molecule has 0 amide bonds. The number of ether oxygens (including phenoxy) is 2. The number of rotatable bonds is 5. The number of hydrogen-bond acceptors (Lipinski definition) is 4. The standard InChI is InChI=1S/C18H19Cl2NO4S/c1-24-13-6-8-17(25-2)14(11-13)16-4-3-9-21(16)26(22,23)18-10-12(19)5-7-15(18)20/h5-8,10-11,16H,3-4,9H2,1-2H3/t16-/m0/s1. The minimum atomic E-state index is -3.81. The van der Waals surface area contributed by atoms with E-state index >= 15 is 0 Å². The minimum Gasteiger partial charge on any atom is -0.497 e. The Balaban J connectivity index is 2.07. The summed E-state index contributed by atoms with van der Waals surface area (Å²) in [7, 11) is -0.681. The van der Waals surface area contributed by atoms with Gasteiger partial charge in [-0.15, -0.1) is 0 Å². The van der Waals surface area contributed by atoms with Crippen molar-refractivity contribution in [2.75, 3.05) is 20.8 Å². The van der Waals surface area contributed by atoms with Crippen molar-refractivity contribution in [1.29, 1.82) is 0 Å². The summed E-state index contributed by atoms with van der Waals surface area (Å²) in [6.07, 6.45) is 1.42. The van der Waals surface area contributed by atoms with Crippen LogP contribution in [0.5, 0.6) is 11.5 Å². The largest absolute Gasteiger partial charge is 0.497 e. The SMILES string of the molecule is COc1ccc(OC)c([C@@H]2CCCN2S(=O)(=O)c2cc(Cl)ccc2Cl)c1. The maximum absolute atomic E-state index is 13.3. The molecule has 1 atom stereocenters. The van der Waals surface area contributed by atoms with Crippen molar-refractivity contribution >= 4 is 33.2 Å². The highest BCUT2D eigenvalue weighted by molar-refractivity contribution is 7.89. The molecule has 2 aromatic rings. The molecule has 0 radical (unpaired) electrons. The average Bonchev–Trinajstić information content (AvgIpc) is 3.13. The van der Waals surface area contributed by atoms with Gasteiger partial charge in [0.1, 0.15) is 16.4 Å². The second-order valence-corrected chi connectivity index (χ2v) is 8.66. The third-order valence-electron chi connectivity index (χ3n) is 4.48. The first-order chi connectivity index (χ1) is 12.4. The molecule has 0 bridgehead atoms. The number of sulfonamides is 1. The van der Waals surface area contributed by atoms with Crippen molar-refractivity contribution in [3.63, 3.8) is 0 Å². The van der Waals surface area contributed by atoms with Gasteiger partial charge in [0, 0.05) is 17.1 Å². The van der Waals surface area contributed by atoms with Gasteiger partial charge in [0.05, 0.1) is 25.3 Å². The second-order valence-electron chi connectivity index (χ2n) is 5.96. The number of benzene rings is 2. The van der Waals surface area contributed by atoms with Gasteiger partial charge in [-0.3, -0.25) is 0 Å². The van der Waals surface area contributed by atoms with Crippen LogP contribution in [0.1, 0.15) is 24.4 Å².